The fraction of sp³-hybridized carbons (Fsp3) is 0.231. The predicted octanol–water partition coefficient (Wildman–Crippen LogP) is 2.90. The molecular formula is C13H11BrO4. The summed E-state index contributed by atoms with van der Waals surface area (Å²) in [5, 5.41) is 10.2. The number of rotatable bonds is 2. The first-order valence-electron chi connectivity index (χ1n) is 5.57. The first kappa shape index (κ1) is 11.6. The molecule has 0 spiro atoms. The lowest BCUT2D eigenvalue weighted by molar-refractivity contribution is 0.167. The summed E-state index contributed by atoms with van der Waals surface area (Å²) in [6.45, 7) is 1.08. The highest BCUT2D eigenvalue weighted by molar-refractivity contribution is 9.10. The van der Waals surface area contributed by atoms with Gasteiger partial charge in [-0.1, -0.05) is 6.07 Å². The molecule has 0 saturated carbocycles. The van der Waals surface area contributed by atoms with Crippen LogP contribution in [0.1, 0.15) is 17.4 Å². The van der Waals surface area contributed by atoms with E-state index >= 15 is 0 Å². The van der Waals surface area contributed by atoms with Crippen molar-refractivity contribution in [1.29, 1.82) is 0 Å². The Morgan fingerprint density at radius 3 is 2.56 bits per heavy atom. The van der Waals surface area contributed by atoms with E-state index in [4.69, 9.17) is 13.9 Å². The molecule has 0 aliphatic carbocycles. The van der Waals surface area contributed by atoms with Crippen molar-refractivity contribution in [2.45, 2.75) is 6.10 Å². The van der Waals surface area contributed by atoms with Gasteiger partial charge in [-0.05, 0) is 45.8 Å². The summed E-state index contributed by atoms with van der Waals surface area (Å²) in [6, 6.07) is 8.84. The third-order valence-corrected chi connectivity index (χ3v) is 3.17. The van der Waals surface area contributed by atoms with E-state index in [2.05, 4.69) is 15.9 Å². The summed E-state index contributed by atoms with van der Waals surface area (Å²) in [5.41, 5.74) is 0.709. The zero-order valence-corrected chi connectivity index (χ0v) is 11.0. The number of aliphatic hydroxyl groups is 1. The van der Waals surface area contributed by atoms with Gasteiger partial charge in [-0.15, -0.1) is 0 Å². The lowest BCUT2D eigenvalue weighted by Gasteiger charge is -2.19. The largest absolute Gasteiger partial charge is 0.486 e. The third-order valence-electron chi connectivity index (χ3n) is 2.75. The molecule has 0 fully saturated rings. The molecule has 0 saturated heterocycles. The predicted molar refractivity (Wildman–Crippen MR) is 67.9 cm³/mol. The number of hydrogen-bond acceptors (Lipinski definition) is 4. The Hall–Kier alpha value is -1.46. The summed E-state index contributed by atoms with van der Waals surface area (Å²) >= 11 is 3.21. The minimum Gasteiger partial charge on any atom is -0.486 e. The molecule has 1 aromatic heterocycles. The van der Waals surface area contributed by atoms with E-state index in [9.17, 15) is 5.11 Å². The molecule has 1 unspecified atom stereocenters. The Kier molecular flexibility index (Phi) is 3.01. The van der Waals surface area contributed by atoms with Crippen LogP contribution >= 0.6 is 15.9 Å². The smallest absolute Gasteiger partial charge is 0.169 e. The molecule has 94 valence electrons. The molecule has 0 radical (unpaired) electrons. The van der Waals surface area contributed by atoms with Gasteiger partial charge in [0.1, 0.15) is 25.1 Å². The van der Waals surface area contributed by atoms with Crippen LogP contribution in [0.3, 0.4) is 0 Å². The van der Waals surface area contributed by atoms with Crippen molar-refractivity contribution in [3.8, 4) is 11.5 Å². The van der Waals surface area contributed by atoms with Gasteiger partial charge in [-0.25, -0.2) is 0 Å². The van der Waals surface area contributed by atoms with Gasteiger partial charge in [0.15, 0.2) is 16.2 Å². The van der Waals surface area contributed by atoms with Crippen molar-refractivity contribution < 1.29 is 19.0 Å². The summed E-state index contributed by atoms with van der Waals surface area (Å²) in [6.07, 6.45) is -0.813. The van der Waals surface area contributed by atoms with E-state index < -0.39 is 6.10 Å². The van der Waals surface area contributed by atoms with Crippen molar-refractivity contribution in [3.63, 3.8) is 0 Å². The molecule has 1 atom stereocenters. The van der Waals surface area contributed by atoms with Crippen LogP contribution in [0.4, 0.5) is 0 Å². The molecule has 0 amide bonds. The SMILES string of the molecule is OC(c1ccc2c(c1)OCCO2)c1ccc(Br)o1. The number of benzene rings is 1. The second-order valence-electron chi connectivity index (χ2n) is 3.95. The Morgan fingerprint density at radius 1 is 1.06 bits per heavy atom. The van der Waals surface area contributed by atoms with Gasteiger partial charge in [0.05, 0.1) is 0 Å². The molecule has 2 aromatic rings. The minimum absolute atomic E-state index is 0.485. The van der Waals surface area contributed by atoms with Gasteiger partial charge in [0, 0.05) is 0 Å². The van der Waals surface area contributed by atoms with E-state index in [0.717, 1.165) is 0 Å². The van der Waals surface area contributed by atoms with Gasteiger partial charge in [0.25, 0.3) is 0 Å². The standard InChI is InChI=1S/C13H11BrO4/c14-12-4-3-10(18-12)13(15)8-1-2-9-11(7-8)17-6-5-16-9/h1-4,7,13,15H,5-6H2. The van der Waals surface area contributed by atoms with Crippen LogP contribution in [0.25, 0.3) is 0 Å². The highest BCUT2D eigenvalue weighted by Gasteiger charge is 2.18. The van der Waals surface area contributed by atoms with E-state index in [1.165, 1.54) is 0 Å². The number of aliphatic hydroxyl groups excluding tert-OH is 1. The number of fused-ring (bicyclic) bond motifs is 1. The molecule has 1 aromatic carbocycles. The molecule has 1 N–H and O–H groups in total. The monoisotopic (exact) mass is 310 g/mol. The zero-order valence-electron chi connectivity index (χ0n) is 9.43. The summed E-state index contributed by atoms with van der Waals surface area (Å²) in [7, 11) is 0. The Balaban J connectivity index is 1.92. The molecule has 5 heteroatoms. The van der Waals surface area contributed by atoms with Crippen molar-refractivity contribution in [1.82, 2.24) is 0 Å². The Bertz CT molecular complexity index is 564. The topological polar surface area (TPSA) is 51.8 Å². The van der Waals surface area contributed by atoms with Gasteiger partial charge in [0.2, 0.25) is 0 Å². The molecular weight excluding hydrogens is 300 g/mol. The van der Waals surface area contributed by atoms with Crippen LogP contribution in [0, 0.1) is 0 Å². The molecule has 0 bridgehead atoms. The van der Waals surface area contributed by atoms with E-state index in [-0.39, 0.29) is 0 Å². The molecule has 18 heavy (non-hydrogen) atoms. The molecule has 2 heterocycles. The lowest BCUT2D eigenvalue weighted by atomic mass is 10.1. The molecule has 3 rings (SSSR count). The van der Waals surface area contributed by atoms with Crippen molar-refractivity contribution >= 4 is 15.9 Å². The molecule has 1 aliphatic rings. The maximum atomic E-state index is 10.2. The van der Waals surface area contributed by atoms with Crippen molar-refractivity contribution in [2.24, 2.45) is 0 Å². The van der Waals surface area contributed by atoms with Crippen molar-refractivity contribution in [2.75, 3.05) is 13.2 Å². The highest BCUT2D eigenvalue weighted by atomic mass is 79.9. The second kappa shape index (κ2) is 4.66. The summed E-state index contributed by atoms with van der Waals surface area (Å²) in [4.78, 5) is 0. The normalized spacial score (nSPS) is 15.4. The average molecular weight is 311 g/mol. The molecule has 1 aliphatic heterocycles. The Labute approximate surface area is 112 Å². The number of furan rings is 1. The van der Waals surface area contributed by atoms with Crippen LogP contribution in [0.2, 0.25) is 0 Å². The fourth-order valence-corrected chi connectivity index (χ4v) is 2.19. The quantitative estimate of drug-likeness (QED) is 0.926. The maximum absolute atomic E-state index is 10.2. The van der Waals surface area contributed by atoms with Gasteiger partial charge < -0.3 is 19.0 Å². The maximum Gasteiger partial charge on any atom is 0.169 e. The summed E-state index contributed by atoms with van der Waals surface area (Å²) < 4.78 is 16.8. The van der Waals surface area contributed by atoms with Crippen LogP contribution in [0.15, 0.2) is 39.4 Å². The summed E-state index contributed by atoms with van der Waals surface area (Å²) in [5.74, 6) is 1.85. The fourth-order valence-electron chi connectivity index (χ4n) is 1.87. The van der Waals surface area contributed by atoms with Crippen LogP contribution in [0.5, 0.6) is 11.5 Å². The van der Waals surface area contributed by atoms with Crippen LogP contribution in [-0.4, -0.2) is 18.3 Å². The lowest BCUT2D eigenvalue weighted by Crippen LogP contribution is -2.15. The van der Waals surface area contributed by atoms with E-state index in [1.54, 1.807) is 30.3 Å². The van der Waals surface area contributed by atoms with E-state index in [1.807, 2.05) is 0 Å². The van der Waals surface area contributed by atoms with Crippen molar-refractivity contribution in [3.05, 3.63) is 46.3 Å². The average Bonchev–Trinajstić information content (AvgIpc) is 2.84. The van der Waals surface area contributed by atoms with Crippen LogP contribution < -0.4 is 9.47 Å². The number of halogens is 1. The number of hydrogen-bond donors (Lipinski definition) is 1. The van der Waals surface area contributed by atoms with Gasteiger partial charge in [-0.2, -0.15) is 0 Å². The van der Waals surface area contributed by atoms with E-state index in [0.29, 0.717) is 40.7 Å². The first-order chi connectivity index (χ1) is 8.74. The zero-order chi connectivity index (χ0) is 12.5. The second-order valence-corrected chi connectivity index (χ2v) is 4.73. The van der Waals surface area contributed by atoms with Gasteiger partial charge >= 0.3 is 0 Å². The van der Waals surface area contributed by atoms with Crippen LogP contribution in [-0.2, 0) is 0 Å². The third kappa shape index (κ3) is 2.11. The Morgan fingerprint density at radius 2 is 1.83 bits per heavy atom. The first-order valence-corrected chi connectivity index (χ1v) is 6.36. The molecule has 4 nitrogen and oxygen atoms in total. The number of ether oxygens (including phenoxy) is 2. The van der Waals surface area contributed by atoms with Gasteiger partial charge in [-0.3, -0.25) is 0 Å². The minimum atomic E-state index is -0.813. The highest BCUT2D eigenvalue weighted by Crippen LogP contribution is 2.34.